The third-order valence-electron chi connectivity index (χ3n) is 7.71. The first-order valence-corrected chi connectivity index (χ1v) is 15.2. The fourth-order valence-electron chi connectivity index (χ4n) is 5.20. The van der Waals surface area contributed by atoms with Crippen LogP contribution in [0.5, 0.6) is 5.75 Å². The van der Waals surface area contributed by atoms with E-state index in [1.54, 1.807) is 0 Å². The molecule has 1 fully saturated rings. The van der Waals surface area contributed by atoms with Crippen LogP contribution in [0.15, 0.2) is 42.5 Å². The van der Waals surface area contributed by atoms with Gasteiger partial charge in [0.05, 0.1) is 11.6 Å². The lowest BCUT2D eigenvalue weighted by molar-refractivity contribution is -0.157. The number of hydrogen-bond acceptors (Lipinski definition) is 3. The Labute approximate surface area is 234 Å². The maximum absolute atomic E-state index is 13.9. The molecule has 1 atom stereocenters. The number of carbonyl (C=O) groups is 1. The van der Waals surface area contributed by atoms with Gasteiger partial charge >= 0.3 is 5.97 Å². The van der Waals surface area contributed by atoms with E-state index in [9.17, 15) is 9.18 Å². The highest BCUT2D eigenvalue weighted by Crippen LogP contribution is 2.32. The molecular weight excluding hydrogens is 499 g/mol. The van der Waals surface area contributed by atoms with Crippen LogP contribution < -0.4 is 4.74 Å². The van der Waals surface area contributed by atoms with Crippen molar-refractivity contribution in [3.63, 3.8) is 0 Å². The second-order valence-electron chi connectivity index (χ2n) is 10.8. The van der Waals surface area contributed by atoms with E-state index in [4.69, 9.17) is 21.1 Å². The standard InChI is InChI=1S/C33H46ClFO3/c1-3-5-7-8-9-23-37-32-22-19-28(24-30(32)34)27-17-13-25(14-18-27)11-12-26-15-20-29(21-16-26)38-33(36)31(35)10-6-4-2/h13-14,17-19,22,24,26,29,31H,3-12,15-16,20-21,23H2,1-2H3/t26?,29?,31-/m0/s1. The molecule has 2 aromatic rings. The number of unbranched alkanes of at least 4 members (excludes halogenated alkanes) is 5. The Morgan fingerprint density at radius 3 is 2.29 bits per heavy atom. The highest BCUT2D eigenvalue weighted by molar-refractivity contribution is 6.32. The van der Waals surface area contributed by atoms with Gasteiger partial charge in [0.25, 0.3) is 0 Å². The van der Waals surface area contributed by atoms with Gasteiger partial charge in [-0.15, -0.1) is 0 Å². The minimum absolute atomic E-state index is 0.118. The Kier molecular flexibility index (Phi) is 13.5. The molecular formula is C33H46ClFO3. The molecule has 0 radical (unpaired) electrons. The molecule has 3 rings (SSSR count). The van der Waals surface area contributed by atoms with Crippen molar-refractivity contribution in [2.24, 2.45) is 5.92 Å². The molecule has 0 amide bonds. The van der Waals surface area contributed by atoms with Gasteiger partial charge in [0.1, 0.15) is 11.9 Å². The fraction of sp³-hybridized carbons (Fsp3) is 0.606. The van der Waals surface area contributed by atoms with E-state index in [2.05, 4.69) is 37.3 Å². The van der Waals surface area contributed by atoms with Gasteiger partial charge in [-0.1, -0.05) is 94.3 Å². The van der Waals surface area contributed by atoms with Crippen LogP contribution in [-0.2, 0) is 16.0 Å². The third kappa shape index (κ3) is 10.2. The zero-order valence-corrected chi connectivity index (χ0v) is 24.1. The minimum Gasteiger partial charge on any atom is -0.492 e. The summed E-state index contributed by atoms with van der Waals surface area (Å²) in [5.74, 6) is 0.722. The minimum atomic E-state index is -1.47. The zero-order valence-electron chi connectivity index (χ0n) is 23.4. The van der Waals surface area contributed by atoms with Crippen molar-refractivity contribution in [3.05, 3.63) is 53.1 Å². The van der Waals surface area contributed by atoms with Gasteiger partial charge in [0.15, 0.2) is 6.17 Å². The smallest absolute Gasteiger partial charge is 0.340 e. The summed E-state index contributed by atoms with van der Waals surface area (Å²) in [6.07, 6.45) is 12.3. The van der Waals surface area contributed by atoms with Crippen LogP contribution in [0.4, 0.5) is 4.39 Å². The Morgan fingerprint density at radius 1 is 0.921 bits per heavy atom. The molecule has 1 aliphatic rings. The van der Waals surface area contributed by atoms with Gasteiger partial charge in [-0.2, -0.15) is 0 Å². The number of rotatable bonds is 16. The maximum atomic E-state index is 13.9. The van der Waals surface area contributed by atoms with Crippen molar-refractivity contribution in [2.45, 2.75) is 116 Å². The Balaban J connectivity index is 1.39. The summed E-state index contributed by atoms with van der Waals surface area (Å²) in [6, 6.07) is 14.8. The van der Waals surface area contributed by atoms with Crippen LogP contribution >= 0.6 is 11.6 Å². The van der Waals surface area contributed by atoms with Crippen LogP contribution in [0.25, 0.3) is 11.1 Å². The third-order valence-corrected chi connectivity index (χ3v) is 8.00. The zero-order chi connectivity index (χ0) is 27.2. The van der Waals surface area contributed by atoms with Crippen LogP contribution in [0.2, 0.25) is 5.02 Å². The van der Waals surface area contributed by atoms with Crippen LogP contribution in [-0.4, -0.2) is 24.9 Å². The van der Waals surface area contributed by atoms with E-state index >= 15 is 0 Å². The first kappa shape index (κ1) is 30.5. The lowest BCUT2D eigenvalue weighted by Gasteiger charge is -2.28. The molecule has 0 N–H and O–H groups in total. The van der Waals surface area contributed by atoms with Crippen molar-refractivity contribution < 1.29 is 18.7 Å². The van der Waals surface area contributed by atoms with Gasteiger partial charge in [-0.25, -0.2) is 9.18 Å². The number of ether oxygens (including phenoxy) is 2. The monoisotopic (exact) mass is 544 g/mol. The fourth-order valence-corrected chi connectivity index (χ4v) is 5.43. The van der Waals surface area contributed by atoms with E-state index in [0.717, 1.165) is 74.7 Å². The van der Waals surface area contributed by atoms with Crippen molar-refractivity contribution in [1.29, 1.82) is 0 Å². The number of aryl methyl sites for hydroxylation is 1. The summed E-state index contributed by atoms with van der Waals surface area (Å²) in [6.45, 7) is 4.93. The lowest BCUT2D eigenvalue weighted by Crippen LogP contribution is -2.29. The summed E-state index contributed by atoms with van der Waals surface area (Å²) in [5, 5.41) is 0.657. The Hall–Kier alpha value is -2.07. The molecule has 0 unspecified atom stereocenters. The second kappa shape index (κ2) is 16.8. The topological polar surface area (TPSA) is 35.5 Å². The summed E-state index contributed by atoms with van der Waals surface area (Å²) < 4.78 is 25.2. The average molecular weight is 545 g/mol. The largest absolute Gasteiger partial charge is 0.492 e. The summed E-state index contributed by atoms with van der Waals surface area (Å²) in [7, 11) is 0. The molecule has 0 spiro atoms. The molecule has 1 saturated carbocycles. The van der Waals surface area contributed by atoms with E-state index in [1.807, 2.05) is 19.1 Å². The Bertz CT molecular complexity index is 953. The molecule has 0 aromatic heterocycles. The highest BCUT2D eigenvalue weighted by Gasteiger charge is 2.27. The average Bonchev–Trinajstić information content (AvgIpc) is 2.94. The quantitative estimate of drug-likeness (QED) is 0.156. The van der Waals surface area contributed by atoms with E-state index < -0.39 is 12.1 Å². The summed E-state index contributed by atoms with van der Waals surface area (Å²) in [5.41, 5.74) is 3.57. The van der Waals surface area contributed by atoms with Crippen LogP contribution in [0.1, 0.15) is 103 Å². The lowest BCUT2D eigenvalue weighted by atomic mass is 9.83. The number of halogens is 2. The Morgan fingerprint density at radius 2 is 1.61 bits per heavy atom. The van der Waals surface area contributed by atoms with Crippen molar-refractivity contribution in [2.75, 3.05) is 6.61 Å². The summed E-state index contributed by atoms with van der Waals surface area (Å²) in [4.78, 5) is 11.9. The molecule has 38 heavy (non-hydrogen) atoms. The summed E-state index contributed by atoms with van der Waals surface area (Å²) >= 11 is 6.51. The van der Waals surface area contributed by atoms with E-state index in [-0.39, 0.29) is 12.5 Å². The van der Waals surface area contributed by atoms with Gasteiger partial charge in [0.2, 0.25) is 0 Å². The molecule has 0 heterocycles. The van der Waals surface area contributed by atoms with Gasteiger partial charge < -0.3 is 9.47 Å². The molecule has 210 valence electrons. The first-order valence-electron chi connectivity index (χ1n) is 14.9. The number of hydrogen-bond donors (Lipinski definition) is 0. The SMILES string of the molecule is CCCCCCCOc1ccc(-c2ccc(CCC3CCC(OC(=O)[C@@H](F)CCCC)CC3)cc2)cc1Cl. The number of alkyl halides is 1. The maximum Gasteiger partial charge on any atom is 0.340 e. The van der Waals surface area contributed by atoms with Crippen molar-refractivity contribution in [1.82, 2.24) is 0 Å². The molecule has 3 nitrogen and oxygen atoms in total. The van der Waals surface area contributed by atoms with Crippen molar-refractivity contribution in [3.8, 4) is 16.9 Å². The molecule has 1 aliphatic carbocycles. The van der Waals surface area contributed by atoms with Gasteiger partial charge in [-0.05, 0) is 86.1 Å². The predicted octanol–water partition coefficient (Wildman–Crippen LogP) is 9.92. The van der Waals surface area contributed by atoms with Gasteiger partial charge in [-0.3, -0.25) is 0 Å². The molecule has 0 bridgehead atoms. The number of carbonyl (C=O) groups excluding carboxylic acids is 1. The predicted molar refractivity (Wildman–Crippen MR) is 156 cm³/mol. The second-order valence-corrected chi connectivity index (χ2v) is 11.2. The normalized spacial score (nSPS) is 18.2. The van der Waals surface area contributed by atoms with E-state index in [1.165, 1.54) is 31.2 Å². The van der Waals surface area contributed by atoms with E-state index in [0.29, 0.717) is 17.5 Å². The molecule has 5 heteroatoms. The molecule has 0 saturated heterocycles. The van der Waals surface area contributed by atoms with Crippen LogP contribution in [0.3, 0.4) is 0 Å². The van der Waals surface area contributed by atoms with Gasteiger partial charge in [0, 0.05) is 0 Å². The van der Waals surface area contributed by atoms with Crippen LogP contribution in [0, 0.1) is 5.92 Å². The molecule has 0 aliphatic heterocycles. The molecule has 2 aromatic carbocycles. The number of esters is 1. The van der Waals surface area contributed by atoms with Crippen molar-refractivity contribution >= 4 is 17.6 Å². The first-order chi connectivity index (χ1) is 18.5. The highest BCUT2D eigenvalue weighted by atomic mass is 35.5. The number of benzene rings is 2.